The summed E-state index contributed by atoms with van der Waals surface area (Å²) in [7, 11) is 0. The number of hydrogen-bond donors (Lipinski definition) is 2. The van der Waals surface area contributed by atoms with Crippen molar-refractivity contribution in [1.82, 2.24) is 4.90 Å². The number of benzene rings is 1. The number of amides is 1. The minimum absolute atomic E-state index is 0.00797. The molecule has 7 heteroatoms. The van der Waals surface area contributed by atoms with E-state index >= 15 is 0 Å². The van der Waals surface area contributed by atoms with Crippen LogP contribution < -0.4 is 5.32 Å². The van der Waals surface area contributed by atoms with Gasteiger partial charge in [-0.05, 0) is 37.6 Å². The van der Waals surface area contributed by atoms with Gasteiger partial charge in [0.1, 0.15) is 11.9 Å². The van der Waals surface area contributed by atoms with Crippen molar-refractivity contribution in [2.75, 3.05) is 18.4 Å². The van der Waals surface area contributed by atoms with Gasteiger partial charge in [0.2, 0.25) is 5.91 Å². The van der Waals surface area contributed by atoms with E-state index in [2.05, 4.69) is 5.32 Å². The maximum Gasteiger partial charge on any atom is 0.320 e. The zero-order chi connectivity index (χ0) is 14.7. The van der Waals surface area contributed by atoms with Crippen molar-refractivity contribution in [2.24, 2.45) is 0 Å². The molecule has 108 valence electrons. The van der Waals surface area contributed by atoms with Gasteiger partial charge in [-0.1, -0.05) is 11.6 Å². The molecule has 1 aromatic rings. The summed E-state index contributed by atoms with van der Waals surface area (Å²) >= 11 is 5.62. The molecular formula is C13H14ClFN2O3. The van der Waals surface area contributed by atoms with Crippen LogP contribution in [0, 0.1) is 5.82 Å². The third kappa shape index (κ3) is 3.46. The molecule has 2 N–H and O–H groups in total. The zero-order valence-electron chi connectivity index (χ0n) is 10.6. The normalized spacial score (nSPS) is 19.0. The molecule has 0 saturated carbocycles. The highest BCUT2D eigenvalue weighted by molar-refractivity contribution is 6.31. The molecule has 1 aliphatic rings. The van der Waals surface area contributed by atoms with E-state index in [9.17, 15) is 14.0 Å². The fourth-order valence-electron chi connectivity index (χ4n) is 2.25. The molecule has 1 fully saturated rings. The Hall–Kier alpha value is -1.66. The molecule has 1 heterocycles. The molecule has 0 unspecified atom stereocenters. The molecule has 1 saturated heterocycles. The number of likely N-dealkylation sites (tertiary alicyclic amines) is 1. The molecule has 0 radical (unpaired) electrons. The maximum atomic E-state index is 13.0. The van der Waals surface area contributed by atoms with Crippen molar-refractivity contribution < 1.29 is 19.1 Å². The van der Waals surface area contributed by atoms with Crippen LogP contribution in [0.15, 0.2) is 18.2 Å². The lowest BCUT2D eigenvalue weighted by atomic mass is 10.2. The summed E-state index contributed by atoms with van der Waals surface area (Å²) in [5, 5.41) is 11.5. The Labute approximate surface area is 120 Å². The smallest absolute Gasteiger partial charge is 0.320 e. The lowest BCUT2D eigenvalue weighted by Gasteiger charge is -2.20. The quantitative estimate of drug-likeness (QED) is 0.892. The first-order chi connectivity index (χ1) is 9.47. The van der Waals surface area contributed by atoms with E-state index in [0.717, 1.165) is 12.5 Å². The van der Waals surface area contributed by atoms with Crippen LogP contribution in [0.25, 0.3) is 0 Å². The van der Waals surface area contributed by atoms with Gasteiger partial charge in [0.25, 0.3) is 0 Å². The molecule has 0 bridgehead atoms. The van der Waals surface area contributed by atoms with Crippen molar-refractivity contribution in [2.45, 2.75) is 18.9 Å². The van der Waals surface area contributed by atoms with Crippen molar-refractivity contribution in [3.8, 4) is 0 Å². The van der Waals surface area contributed by atoms with Crippen LogP contribution in [-0.4, -0.2) is 41.0 Å². The van der Waals surface area contributed by atoms with Crippen LogP contribution in [0.4, 0.5) is 10.1 Å². The predicted molar refractivity (Wildman–Crippen MR) is 72.3 cm³/mol. The fraction of sp³-hybridized carbons (Fsp3) is 0.385. The van der Waals surface area contributed by atoms with Gasteiger partial charge in [0, 0.05) is 5.69 Å². The van der Waals surface area contributed by atoms with Gasteiger partial charge < -0.3 is 10.4 Å². The lowest BCUT2D eigenvalue weighted by molar-refractivity contribution is -0.142. The van der Waals surface area contributed by atoms with Crippen molar-refractivity contribution in [3.63, 3.8) is 0 Å². The molecule has 0 aromatic heterocycles. The summed E-state index contributed by atoms with van der Waals surface area (Å²) in [6, 6.07) is 3.26. The number of aliphatic carboxylic acids is 1. The summed E-state index contributed by atoms with van der Waals surface area (Å²) in [6.07, 6.45) is 1.30. The van der Waals surface area contributed by atoms with Gasteiger partial charge in [-0.2, -0.15) is 0 Å². The molecule has 0 aliphatic carbocycles. The number of nitrogens with zero attached hydrogens (tertiary/aromatic N) is 1. The molecule has 0 spiro atoms. The Morgan fingerprint density at radius 2 is 2.25 bits per heavy atom. The van der Waals surface area contributed by atoms with E-state index in [1.807, 2.05) is 0 Å². The van der Waals surface area contributed by atoms with Crippen LogP contribution >= 0.6 is 11.6 Å². The van der Waals surface area contributed by atoms with Crippen LogP contribution in [0.1, 0.15) is 12.8 Å². The first kappa shape index (κ1) is 14.7. The van der Waals surface area contributed by atoms with Crippen LogP contribution in [0.5, 0.6) is 0 Å². The topological polar surface area (TPSA) is 69.6 Å². The average Bonchev–Trinajstić information content (AvgIpc) is 2.82. The van der Waals surface area contributed by atoms with Crippen molar-refractivity contribution in [1.29, 1.82) is 0 Å². The van der Waals surface area contributed by atoms with Gasteiger partial charge in [-0.25, -0.2) is 4.39 Å². The standard InChI is InChI=1S/C13H14ClFN2O3/c14-9-6-8(3-4-10(9)15)16-12(18)7-17-5-1-2-11(17)13(19)20/h3-4,6,11H,1-2,5,7H2,(H,16,18)(H,19,20)/t11-/m0/s1. The zero-order valence-corrected chi connectivity index (χ0v) is 11.4. The predicted octanol–water partition coefficient (Wildman–Crippen LogP) is 1.97. The summed E-state index contributed by atoms with van der Waals surface area (Å²) in [4.78, 5) is 24.5. The number of carbonyl (C=O) groups is 2. The number of carboxylic acids is 1. The van der Waals surface area contributed by atoms with Crippen LogP contribution in [-0.2, 0) is 9.59 Å². The molecule has 1 amide bonds. The monoisotopic (exact) mass is 300 g/mol. The minimum Gasteiger partial charge on any atom is -0.480 e. The van der Waals surface area contributed by atoms with Crippen LogP contribution in [0.3, 0.4) is 0 Å². The minimum atomic E-state index is -0.917. The second-order valence-electron chi connectivity index (χ2n) is 4.64. The first-order valence-corrected chi connectivity index (χ1v) is 6.57. The number of carbonyl (C=O) groups excluding carboxylic acids is 1. The van der Waals surface area contributed by atoms with E-state index in [-0.39, 0.29) is 17.5 Å². The Morgan fingerprint density at radius 3 is 2.90 bits per heavy atom. The second kappa shape index (κ2) is 6.19. The molecule has 2 rings (SSSR count). The second-order valence-corrected chi connectivity index (χ2v) is 5.05. The number of hydrogen-bond acceptors (Lipinski definition) is 3. The summed E-state index contributed by atoms with van der Waals surface area (Å²) in [6.45, 7) is 0.570. The molecule has 1 atom stereocenters. The molecular weight excluding hydrogens is 287 g/mol. The maximum absolute atomic E-state index is 13.0. The molecule has 20 heavy (non-hydrogen) atoms. The van der Waals surface area contributed by atoms with E-state index in [0.29, 0.717) is 18.7 Å². The van der Waals surface area contributed by atoms with E-state index in [1.165, 1.54) is 12.1 Å². The lowest BCUT2D eigenvalue weighted by Crippen LogP contribution is -2.40. The summed E-state index contributed by atoms with van der Waals surface area (Å²) in [5.41, 5.74) is 0.382. The first-order valence-electron chi connectivity index (χ1n) is 6.19. The van der Waals surface area contributed by atoms with Crippen LogP contribution in [0.2, 0.25) is 5.02 Å². The Bertz CT molecular complexity index is 538. The number of carboxylic acid groups (broad SMARTS) is 1. The summed E-state index contributed by atoms with van der Waals surface area (Å²) < 4.78 is 13.0. The van der Waals surface area contributed by atoms with Gasteiger partial charge in [0.05, 0.1) is 11.6 Å². The van der Waals surface area contributed by atoms with Gasteiger partial charge >= 0.3 is 5.97 Å². The third-order valence-corrected chi connectivity index (χ3v) is 3.49. The van der Waals surface area contributed by atoms with Gasteiger partial charge in [-0.15, -0.1) is 0 Å². The Balaban J connectivity index is 1.95. The molecule has 5 nitrogen and oxygen atoms in total. The van der Waals surface area contributed by atoms with E-state index < -0.39 is 17.8 Å². The third-order valence-electron chi connectivity index (χ3n) is 3.20. The highest BCUT2D eigenvalue weighted by Gasteiger charge is 2.31. The molecule has 1 aliphatic heterocycles. The highest BCUT2D eigenvalue weighted by atomic mass is 35.5. The fourth-order valence-corrected chi connectivity index (χ4v) is 2.43. The number of halogens is 2. The van der Waals surface area contributed by atoms with E-state index in [4.69, 9.17) is 16.7 Å². The van der Waals surface area contributed by atoms with Crippen molar-refractivity contribution in [3.05, 3.63) is 29.0 Å². The highest BCUT2D eigenvalue weighted by Crippen LogP contribution is 2.20. The Morgan fingerprint density at radius 1 is 1.50 bits per heavy atom. The number of nitrogens with one attached hydrogen (secondary N) is 1. The molecule has 1 aromatic carbocycles. The van der Waals surface area contributed by atoms with Gasteiger partial charge in [-0.3, -0.25) is 14.5 Å². The SMILES string of the molecule is O=C(CN1CCC[C@H]1C(=O)O)Nc1ccc(F)c(Cl)c1. The average molecular weight is 301 g/mol. The summed E-state index contributed by atoms with van der Waals surface area (Å²) in [5.74, 6) is -1.82. The van der Waals surface area contributed by atoms with Crippen molar-refractivity contribution >= 4 is 29.2 Å². The number of rotatable bonds is 4. The largest absolute Gasteiger partial charge is 0.480 e. The van der Waals surface area contributed by atoms with Gasteiger partial charge in [0.15, 0.2) is 0 Å². The van der Waals surface area contributed by atoms with E-state index in [1.54, 1.807) is 4.90 Å². The number of anilines is 1. The Kier molecular flexibility index (Phi) is 4.57.